The van der Waals surface area contributed by atoms with E-state index in [2.05, 4.69) is 10.3 Å². The number of nitrogens with zero attached hydrogens (tertiary/aromatic N) is 1. The Kier molecular flexibility index (Phi) is 3.09. The van der Waals surface area contributed by atoms with Gasteiger partial charge in [-0.2, -0.15) is 5.26 Å². The van der Waals surface area contributed by atoms with Crippen molar-refractivity contribution in [1.29, 1.82) is 5.26 Å². The molecule has 8 heteroatoms. The van der Waals surface area contributed by atoms with E-state index < -0.39 is 17.2 Å². The van der Waals surface area contributed by atoms with Crippen LogP contribution in [0.5, 0.6) is 5.75 Å². The summed E-state index contributed by atoms with van der Waals surface area (Å²) in [5.74, 6) is -0.441. The minimum absolute atomic E-state index is 0.142. The number of benzene rings is 1. The van der Waals surface area contributed by atoms with Gasteiger partial charge in [0.25, 0.3) is 11.5 Å². The van der Waals surface area contributed by atoms with Gasteiger partial charge in [-0.25, -0.2) is 0 Å². The summed E-state index contributed by atoms with van der Waals surface area (Å²) in [5.41, 5.74) is 2.51. The third-order valence-electron chi connectivity index (χ3n) is 3.75. The van der Waals surface area contributed by atoms with Crippen LogP contribution in [0.3, 0.4) is 0 Å². The number of H-pyrrole nitrogens is 1. The van der Waals surface area contributed by atoms with Crippen molar-refractivity contribution in [3.63, 3.8) is 0 Å². The highest BCUT2D eigenvalue weighted by molar-refractivity contribution is 6.01. The number of fused-ring (bicyclic) bond motifs is 1. The first kappa shape index (κ1) is 14.6. The molecule has 1 atom stereocenters. The van der Waals surface area contributed by atoms with Crippen LogP contribution in [0.25, 0.3) is 0 Å². The van der Waals surface area contributed by atoms with E-state index in [4.69, 9.17) is 10.5 Å². The lowest BCUT2D eigenvalue weighted by Crippen LogP contribution is -2.40. The number of nitrogens with two attached hydrogens (primary N) is 1. The van der Waals surface area contributed by atoms with Gasteiger partial charge in [-0.1, -0.05) is 12.1 Å². The maximum absolute atomic E-state index is 12.1. The molecule has 116 valence electrons. The van der Waals surface area contributed by atoms with Crippen molar-refractivity contribution in [3.05, 3.63) is 56.9 Å². The van der Waals surface area contributed by atoms with E-state index in [0.29, 0.717) is 5.75 Å². The Balaban J connectivity index is 2.32. The molecular weight excluding hydrogens is 300 g/mol. The number of aromatic nitrogens is 1. The predicted octanol–water partition coefficient (Wildman–Crippen LogP) is -0.226. The number of rotatable bonds is 2. The molecule has 0 spiro atoms. The van der Waals surface area contributed by atoms with Gasteiger partial charge in [0.1, 0.15) is 28.8 Å². The summed E-state index contributed by atoms with van der Waals surface area (Å²) in [4.78, 5) is 26.3. The number of carbonyl (C=O) groups is 1. The van der Waals surface area contributed by atoms with Crippen LogP contribution in [0.1, 0.15) is 27.0 Å². The SMILES string of the molecule is COc1ccc(C2(O)NC(=O)c3c2c(C#N)c(N)[nH]c3=O)cc1. The third kappa shape index (κ3) is 1.95. The Bertz CT molecular complexity index is 911. The van der Waals surface area contributed by atoms with Gasteiger partial charge in [-0.3, -0.25) is 9.59 Å². The first-order valence-electron chi connectivity index (χ1n) is 6.58. The average Bonchev–Trinajstić information content (AvgIpc) is 2.80. The standard InChI is InChI=1S/C15H12N4O4/c1-23-8-4-2-7(3-5-8)15(22)11-9(6-16)12(17)18-13(20)10(11)14(21)19-15/h2-5,22H,1H3,(H,19,21)(H3,17,18,20). The lowest BCUT2D eigenvalue weighted by molar-refractivity contribution is 0.0474. The van der Waals surface area contributed by atoms with Crippen molar-refractivity contribution >= 4 is 11.7 Å². The number of amides is 1. The minimum Gasteiger partial charge on any atom is -0.497 e. The molecule has 8 nitrogen and oxygen atoms in total. The zero-order chi connectivity index (χ0) is 16.8. The lowest BCUT2D eigenvalue weighted by Gasteiger charge is -2.25. The van der Waals surface area contributed by atoms with E-state index in [-0.39, 0.29) is 28.1 Å². The zero-order valence-corrected chi connectivity index (χ0v) is 12.0. The highest BCUT2D eigenvalue weighted by Crippen LogP contribution is 2.37. The molecule has 1 aromatic heterocycles. The van der Waals surface area contributed by atoms with Crippen LogP contribution in [0.15, 0.2) is 29.1 Å². The number of methoxy groups -OCH3 is 1. The fourth-order valence-electron chi connectivity index (χ4n) is 2.65. The molecule has 0 saturated heterocycles. The highest BCUT2D eigenvalue weighted by atomic mass is 16.5. The summed E-state index contributed by atoms with van der Waals surface area (Å²) in [6.45, 7) is 0. The van der Waals surface area contributed by atoms with Crippen LogP contribution in [-0.4, -0.2) is 23.1 Å². The summed E-state index contributed by atoms with van der Waals surface area (Å²) in [6.07, 6.45) is 0. The van der Waals surface area contributed by atoms with E-state index >= 15 is 0 Å². The van der Waals surface area contributed by atoms with Crippen molar-refractivity contribution in [2.24, 2.45) is 0 Å². The van der Waals surface area contributed by atoms with E-state index in [1.165, 1.54) is 19.2 Å². The number of hydrogen-bond acceptors (Lipinski definition) is 6. The molecule has 0 fully saturated rings. The molecule has 5 N–H and O–H groups in total. The Morgan fingerprint density at radius 1 is 1.30 bits per heavy atom. The van der Waals surface area contributed by atoms with Gasteiger partial charge in [-0.15, -0.1) is 0 Å². The Hall–Kier alpha value is -3.31. The molecule has 1 aliphatic rings. The first-order valence-corrected chi connectivity index (χ1v) is 6.58. The summed E-state index contributed by atoms with van der Waals surface area (Å²) in [5, 5.41) is 22.6. The van der Waals surface area contributed by atoms with Crippen LogP contribution in [-0.2, 0) is 5.72 Å². The number of anilines is 1. The number of nitrogens with one attached hydrogen (secondary N) is 2. The second-order valence-electron chi connectivity index (χ2n) is 5.00. The smallest absolute Gasteiger partial charge is 0.262 e. The van der Waals surface area contributed by atoms with E-state index in [1.54, 1.807) is 12.1 Å². The molecular formula is C15H12N4O4. The van der Waals surface area contributed by atoms with Gasteiger partial charge in [0.2, 0.25) is 0 Å². The van der Waals surface area contributed by atoms with Gasteiger partial charge in [0.05, 0.1) is 7.11 Å². The molecule has 1 aromatic carbocycles. The molecule has 23 heavy (non-hydrogen) atoms. The number of nitriles is 1. The Morgan fingerprint density at radius 3 is 2.52 bits per heavy atom. The molecule has 2 heterocycles. The van der Waals surface area contributed by atoms with Crippen molar-refractivity contribution in [3.8, 4) is 11.8 Å². The number of aliphatic hydroxyl groups is 1. The maximum Gasteiger partial charge on any atom is 0.262 e. The number of nitrogen functional groups attached to an aromatic ring is 1. The molecule has 1 aliphatic heterocycles. The monoisotopic (exact) mass is 312 g/mol. The quantitative estimate of drug-likeness (QED) is 0.604. The molecule has 0 saturated carbocycles. The lowest BCUT2D eigenvalue weighted by atomic mass is 9.91. The van der Waals surface area contributed by atoms with Crippen molar-refractivity contribution in [2.45, 2.75) is 5.72 Å². The van der Waals surface area contributed by atoms with Crippen molar-refractivity contribution in [2.75, 3.05) is 12.8 Å². The molecule has 0 radical (unpaired) electrons. The largest absolute Gasteiger partial charge is 0.497 e. The number of carbonyl (C=O) groups excluding carboxylic acids is 1. The minimum atomic E-state index is -2.02. The normalized spacial score (nSPS) is 18.9. The first-order chi connectivity index (χ1) is 10.9. The summed E-state index contributed by atoms with van der Waals surface area (Å²) < 4.78 is 5.04. The van der Waals surface area contributed by atoms with Crippen LogP contribution >= 0.6 is 0 Å². The van der Waals surface area contributed by atoms with Crippen LogP contribution < -0.4 is 21.3 Å². The number of hydrogen-bond donors (Lipinski definition) is 4. The molecule has 0 bridgehead atoms. The van der Waals surface area contributed by atoms with Crippen LogP contribution in [0.2, 0.25) is 0 Å². The second-order valence-corrected chi connectivity index (χ2v) is 5.00. The van der Waals surface area contributed by atoms with Gasteiger partial charge in [-0.05, 0) is 12.1 Å². The van der Waals surface area contributed by atoms with Crippen molar-refractivity contribution < 1.29 is 14.6 Å². The summed E-state index contributed by atoms with van der Waals surface area (Å²) in [7, 11) is 1.49. The number of aromatic amines is 1. The fraction of sp³-hybridized carbons (Fsp3) is 0.133. The van der Waals surface area contributed by atoms with Gasteiger partial charge >= 0.3 is 0 Å². The van der Waals surface area contributed by atoms with Crippen LogP contribution in [0.4, 0.5) is 5.82 Å². The summed E-state index contributed by atoms with van der Waals surface area (Å²) in [6, 6.07) is 8.03. The fourth-order valence-corrected chi connectivity index (χ4v) is 2.65. The molecule has 0 aliphatic carbocycles. The Morgan fingerprint density at radius 2 is 1.96 bits per heavy atom. The van der Waals surface area contributed by atoms with Gasteiger partial charge in [0, 0.05) is 11.1 Å². The molecule has 3 rings (SSSR count). The van der Waals surface area contributed by atoms with Crippen LogP contribution in [0, 0.1) is 11.3 Å². The van der Waals surface area contributed by atoms with E-state index in [9.17, 15) is 20.0 Å². The highest BCUT2D eigenvalue weighted by Gasteiger charge is 2.47. The molecule has 1 amide bonds. The molecule has 2 aromatic rings. The van der Waals surface area contributed by atoms with Crippen molar-refractivity contribution in [1.82, 2.24) is 10.3 Å². The van der Waals surface area contributed by atoms with Gasteiger partial charge in [0.15, 0.2) is 5.72 Å². The summed E-state index contributed by atoms with van der Waals surface area (Å²) >= 11 is 0. The third-order valence-corrected chi connectivity index (χ3v) is 3.75. The van der Waals surface area contributed by atoms with Gasteiger partial charge < -0.3 is 25.9 Å². The maximum atomic E-state index is 12.1. The molecule has 1 unspecified atom stereocenters. The Labute approximate surface area is 130 Å². The zero-order valence-electron chi connectivity index (χ0n) is 12.0. The topological polar surface area (TPSA) is 141 Å². The predicted molar refractivity (Wildman–Crippen MR) is 79.6 cm³/mol. The second kappa shape index (κ2) is 4.86. The van der Waals surface area contributed by atoms with E-state index in [1.807, 2.05) is 6.07 Å². The van der Waals surface area contributed by atoms with E-state index in [0.717, 1.165) is 0 Å². The number of ether oxygens (including phenoxy) is 1. The number of pyridine rings is 1. The average molecular weight is 312 g/mol.